The molecule has 5 heteroatoms. The first kappa shape index (κ1) is 15.8. The summed E-state index contributed by atoms with van der Waals surface area (Å²) in [5, 5.41) is 0. The lowest BCUT2D eigenvalue weighted by molar-refractivity contribution is -0.135. The number of para-hydroxylation sites is 1. The molecule has 1 aliphatic heterocycles. The lowest BCUT2D eigenvalue weighted by Gasteiger charge is -2.39. The first-order chi connectivity index (χ1) is 9.80. The average molecular weight is 293 g/mol. The highest BCUT2D eigenvalue weighted by Gasteiger charge is 2.32. The highest BCUT2D eigenvalue weighted by atomic mass is 19.1. The molecule has 1 saturated heterocycles. The van der Waals surface area contributed by atoms with E-state index < -0.39 is 6.04 Å². The van der Waals surface area contributed by atoms with Gasteiger partial charge in [-0.2, -0.15) is 0 Å². The van der Waals surface area contributed by atoms with Gasteiger partial charge in [0.1, 0.15) is 5.82 Å². The van der Waals surface area contributed by atoms with Gasteiger partial charge in [-0.05, 0) is 17.5 Å². The van der Waals surface area contributed by atoms with Crippen LogP contribution >= 0.6 is 0 Å². The number of hydrogen-bond acceptors (Lipinski definition) is 3. The maximum atomic E-state index is 13.8. The number of amides is 1. The molecule has 4 nitrogen and oxygen atoms in total. The van der Waals surface area contributed by atoms with Crippen molar-refractivity contribution in [3.63, 3.8) is 0 Å². The Bertz CT molecular complexity index is 504. The van der Waals surface area contributed by atoms with Crippen molar-refractivity contribution in [2.45, 2.75) is 26.8 Å². The van der Waals surface area contributed by atoms with E-state index in [-0.39, 0.29) is 17.1 Å². The number of carbonyl (C=O) groups excluding carboxylic acids is 1. The van der Waals surface area contributed by atoms with E-state index in [1.807, 2.05) is 31.7 Å². The highest BCUT2D eigenvalue weighted by molar-refractivity contribution is 5.82. The summed E-state index contributed by atoms with van der Waals surface area (Å²) in [6.07, 6.45) is 0. The first-order valence-corrected chi connectivity index (χ1v) is 7.34. The number of rotatable bonds is 2. The zero-order valence-corrected chi connectivity index (χ0v) is 13.0. The Morgan fingerprint density at radius 1 is 1.19 bits per heavy atom. The number of halogens is 1. The number of carbonyl (C=O) groups is 1. The minimum Gasteiger partial charge on any atom is -0.366 e. The molecule has 1 fully saturated rings. The van der Waals surface area contributed by atoms with Crippen LogP contribution in [0.15, 0.2) is 24.3 Å². The third-order valence-electron chi connectivity index (χ3n) is 3.98. The van der Waals surface area contributed by atoms with Gasteiger partial charge in [-0.3, -0.25) is 4.79 Å². The smallest absolute Gasteiger partial charge is 0.240 e. The van der Waals surface area contributed by atoms with E-state index in [0.29, 0.717) is 31.9 Å². The van der Waals surface area contributed by atoms with Crippen LogP contribution in [0.3, 0.4) is 0 Å². The molecule has 1 aromatic carbocycles. The van der Waals surface area contributed by atoms with Gasteiger partial charge in [-0.1, -0.05) is 32.9 Å². The van der Waals surface area contributed by atoms with Gasteiger partial charge in [0.15, 0.2) is 0 Å². The van der Waals surface area contributed by atoms with Gasteiger partial charge >= 0.3 is 0 Å². The van der Waals surface area contributed by atoms with Crippen molar-refractivity contribution in [1.29, 1.82) is 0 Å². The standard InChI is InChI=1S/C16H24FN3O/c1-16(2,3)14(18)15(21)20-10-8-19(9-11-20)13-7-5-4-6-12(13)17/h4-7,14H,8-11,18H2,1-3H3/t14-/m0/s1. The average Bonchev–Trinajstić information content (AvgIpc) is 2.45. The second-order valence-corrected chi connectivity index (χ2v) is 6.61. The second-order valence-electron chi connectivity index (χ2n) is 6.61. The van der Waals surface area contributed by atoms with Gasteiger partial charge in [0.2, 0.25) is 5.91 Å². The van der Waals surface area contributed by atoms with Crippen LogP contribution in [-0.4, -0.2) is 43.0 Å². The molecular weight excluding hydrogens is 269 g/mol. The maximum Gasteiger partial charge on any atom is 0.240 e. The van der Waals surface area contributed by atoms with E-state index in [1.54, 1.807) is 17.0 Å². The Hall–Kier alpha value is -1.62. The Morgan fingerprint density at radius 2 is 1.76 bits per heavy atom. The third-order valence-corrected chi connectivity index (χ3v) is 3.98. The lowest BCUT2D eigenvalue weighted by atomic mass is 9.86. The maximum absolute atomic E-state index is 13.8. The Labute approximate surface area is 125 Å². The topological polar surface area (TPSA) is 49.6 Å². The summed E-state index contributed by atoms with van der Waals surface area (Å²) in [6, 6.07) is 6.24. The first-order valence-electron chi connectivity index (χ1n) is 7.34. The molecule has 0 spiro atoms. The van der Waals surface area contributed by atoms with Crippen LogP contribution in [0, 0.1) is 11.2 Å². The normalized spacial score (nSPS) is 17.8. The Morgan fingerprint density at radius 3 is 2.29 bits per heavy atom. The minimum atomic E-state index is -0.502. The lowest BCUT2D eigenvalue weighted by Crippen LogP contribution is -2.56. The van der Waals surface area contributed by atoms with Crippen LogP contribution in [0.4, 0.5) is 10.1 Å². The van der Waals surface area contributed by atoms with Gasteiger partial charge in [0, 0.05) is 26.2 Å². The number of piperazine rings is 1. The van der Waals surface area contributed by atoms with Gasteiger partial charge in [0.05, 0.1) is 11.7 Å². The van der Waals surface area contributed by atoms with E-state index in [0.717, 1.165) is 0 Å². The summed E-state index contributed by atoms with van der Waals surface area (Å²) < 4.78 is 13.8. The number of nitrogens with zero attached hydrogens (tertiary/aromatic N) is 2. The Kier molecular flexibility index (Phi) is 4.52. The van der Waals surface area contributed by atoms with Gasteiger partial charge in [0.25, 0.3) is 0 Å². The molecule has 1 amide bonds. The number of hydrogen-bond donors (Lipinski definition) is 1. The molecule has 1 heterocycles. The van der Waals surface area contributed by atoms with E-state index in [4.69, 9.17) is 5.73 Å². The van der Waals surface area contributed by atoms with E-state index in [9.17, 15) is 9.18 Å². The second kappa shape index (κ2) is 6.02. The summed E-state index contributed by atoms with van der Waals surface area (Å²) in [4.78, 5) is 16.1. The van der Waals surface area contributed by atoms with Crippen molar-refractivity contribution < 1.29 is 9.18 Å². The quantitative estimate of drug-likeness (QED) is 0.905. The molecule has 2 rings (SSSR count). The largest absolute Gasteiger partial charge is 0.366 e. The zero-order chi connectivity index (χ0) is 15.6. The highest BCUT2D eigenvalue weighted by Crippen LogP contribution is 2.22. The molecule has 21 heavy (non-hydrogen) atoms. The molecule has 116 valence electrons. The van der Waals surface area contributed by atoms with Gasteiger partial charge < -0.3 is 15.5 Å². The third kappa shape index (κ3) is 3.53. The number of anilines is 1. The van der Waals surface area contributed by atoms with E-state index in [1.165, 1.54) is 6.07 Å². The zero-order valence-electron chi connectivity index (χ0n) is 13.0. The molecule has 2 N–H and O–H groups in total. The molecule has 1 aliphatic rings. The van der Waals surface area contributed by atoms with Gasteiger partial charge in [-0.25, -0.2) is 4.39 Å². The molecule has 0 aromatic heterocycles. The van der Waals surface area contributed by atoms with Crippen molar-refractivity contribution in [3.8, 4) is 0 Å². The van der Waals surface area contributed by atoms with Gasteiger partial charge in [-0.15, -0.1) is 0 Å². The summed E-state index contributed by atoms with van der Waals surface area (Å²) in [7, 11) is 0. The molecule has 0 radical (unpaired) electrons. The van der Waals surface area contributed by atoms with Crippen LogP contribution in [-0.2, 0) is 4.79 Å². The molecule has 0 aliphatic carbocycles. The molecular formula is C16H24FN3O. The molecule has 0 saturated carbocycles. The van der Waals surface area contributed by atoms with Crippen LogP contribution in [0.5, 0.6) is 0 Å². The fourth-order valence-corrected chi connectivity index (χ4v) is 2.44. The number of benzene rings is 1. The SMILES string of the molecule is CC(C)(C)[C@@H](N)C(=O)N1CCN(c2ccccc2F)CC1. The van der Waals surface area contributed by atoms with Crippen LogP contribution in [0.1, 0.15) is 20.8 Å². The van der Waals surface area contributed by atoms with E-state index in [2.05, 4.69) is 0 Å². The fraction of sp³-hybridized carbons (Fsp3) is 0.562. The fourth-order valence-electron chi connectivity index (χ4n) is 2.44. The number of nitrogens with two attached hydrogens (primary N) is 1. The molecule has 1 atom stereocenters. The van der Waals surface area contributed by atoms with Crippen molar-refractivity contribution in [3.05, 3.63) is 30.1 Å². The molecule has 0 unspecified atom stereocenters. The predicted octanol–water partition coefficient (Wildman–Crippen LogP) is 1.85. The minimum absolute atomic E-state index is 0.0179. The predicted molar refractivity (Wildman–Crippen MR) is 82.6 cm³/mol. The van der Waals surface area contributed by atoms with Crippen molar-refractivity contribution in [2.75, 3.05) is 31.1 Å². The van der Waals surface area contributed by atoms with E-state index >= 15 is 0 Å². The summed E-state index contributed by atoms with van der Waals surface area (Å²) in [6.45, 7) is 8.31. The van der Waals surface area contributed by atoms with Crippen molar-refractivity contribution >= 4 is 11.6 Å². The summed E-state index contributed by atoms with van der Waals surface area (Å²) in [5.41, 5.74) is 6.38. The van der Waals surface area contributed by atoms with Crippen LogP contribution in [0.25, 0.3) is 0 Å². The van der Waals surface area contributed by atoms with Crippen molar-refractivity contribution in [1.82, 2.24) is 4.90 Å². The summed E-state index contributed by atoms with van der Waals surface area (Å²) >= 11 is 0. The van der Waals surface area contributed by atoms with Crippen LogP contribution in [0.2, 0.25) is 0 Å². The molecule has 0 bridgehead atoms. The molecule has 1 aromatic rings. The van der Waals surface area contributed by atoms with Crippen molar-refractivity contribution in [2.24, 2.45) is 11.1 Å². The summed E-state index contributed by atoms with van der Waals surface area (Å²) in [5.74, 6) is -0.237. The van der Waals surface area contributed by atoms with Crippen LogP contribution < -0.4 is 10.6 Å². The Balaban J connectivity index is 1.98. The monoisotopic (exact) mass is 293 g/mol.